The van der Waals surface area contributed by atoms with E-state index in [4.69, 9.17) is 9.52 Å². The fourth-order valence-electron chi connectivity index (χ4n) is 1.27. The third kappa shape index (κ3) is 4.74. The molecule has 1 rings (SSSR count). The number of aliphatic carboxylic acids is 1. The minimum Gasteiger partial charge on any atom is -0.480 e. The molecule has 1 aromatic rings. The molecule has 98 valence electrons. The smallest absolute Gasteiger partial charge is 0.322 e. The number of carbonyl (C=O) groups is 2. The third-order valence-corrected chi connectivity index (χ3v) is 1.89. The molecule has 0 radical (unpaired) electrons. The molecule has 0 fully saturated rings. The number of hydrogen-bond acceptors (Lipinski definition) is 6. The molecule has 0 atom stereocenters. The van der Waals surface area contributed by atoms with Gasteiger partial charge in [-0.05, 0) is 0 Å². The van der Waals surface area contributed by atoms with Gasteiger partial charge in [-0.3, -0.25) is 19.8 Å². The number of carboxylic acids is 1. The Morgan fingerprint density at radius 2 is 2.22 bits per heavy atom. The van der Waals surface area contributed by atoms with E-state index in [1.165, 1.54) is 11.0 Å². The molecule has 8 heteroatoms. The number of carboxylic acid groups (broad SMARTS) is 1. The zero-order valence-corrected chi connectivity index (χ0v) is 9.92. The molecule has 0 aliphatic rings. The molecule has 0 saturated carbocycles. The summed E-state index contributed by atoms with van der Waals surface area (Å²) in [4.78, 5) is 23.6. The van der Waals surface area contributed by atoms with Gasteiger partial charge in [-0.2, -0.15) is 0 Å². The Balaban J connectivity index is 2.50. The third-order valence-electron chi connectivity index (χ3n) is 1.89. The molecule has 1 aromatic heterocycles. The van der Waals surface area contributed by atoms with Gasteiger partial charge in [-0.15, -0.1) is 11.7 Å². The lowest BCUT2D eigenvalue weighted by Gasteiger charge is -2.16. The summed E-state index contributed by atoms with van der Waals surface area (Å²) in [6.07, 6.45) is 1.52. The minimum atomic E-state index is -1.02. The summed E-state index contributed by atoms with van der Waals surface area (Å²) in [5, 5.41) is 18.2. The highest BCUT2D eigenvalue weighted by molar-refractivity contribution is 5.90. The van der Waals surface area contributed by atoms with Crippen molar-refractivity contribution in [2.45, 2.75) is 6.92 Å². The zero-order chi connectivity index (χ0) is 13.5. The summed E-state index contributed by atoms with van der Waals surface area (Å²) in [5.74, 6) is -1.11. The molecule has 0 bridgehead atoms. The molecule has 1 amide bonds. The first kappa shape index (κ1) is 13.8. The largest absolute Gasteiger partial charge is 0.480 e. The van der Waals surface area contributed by atoms with Gasteiger partial charge in [0.1, 0.15) is 0 Å². The second-order valence-electron chi connectivity index (χ2n) is 3.53. The van der Waals surface area contributed by atoms with E-state index in [1.807, 2.05) is 0 Å². The highest BCUT2D eigenvalue weighted by Gasteiger charge is 2.14. The first-order valence-corrected chi connectivity index (χ1v) is 5.16. The number of nitrogens with one attached hydrogen (secondary N) is 1. The number of carbonyl (C=O) groups excluding carboxylic acids is 1. The molecule has 0 aliphatic carbocycles. The molecule has 0 aliphatic heterocycles. The van der Waals surface area contributed by atoms with Crippen LogP contribution in [0.3, 0.4) is 0 Å². The summed E-state index contributed by atoms with van der Waals surface area (Å²) in [7, 11) is 0. The molecule has 1 heterocycles. The molecular formula is C10H14N4O4. The van der Waals surface area contributed by atoms with Gasteiger partial charge in [0.25, 0.3) is 0 Å². The van der Waals surface area contributed by atoms with Crippen LogP contribution in [0.5, 0.6) is 0 Å². The number of aromatic nitrogens is 2. The summed E-state index contributed by atoms with van der Waals surface area (Å²) >= 11 is 0. The summed E-state index contributed by atoms with van der Waals surface area (Å²) in [6, 6.07) is -0.00798. The summed E-state index contributed by atoms with van der Waals surface area (Å²) in [6.45, 7) is 5.04. The Labute approximate surface area is 103 Å². The van der Waals surface area contributed by atoms with E-state index in [0.29, 0.717) is 12.4 Å². The minimum absolute atomic E-state index is 0.00798. The van der Waals surface area contributed by atoms with E-state index < -0.39 is 11.9 Å². The summed E-state index contributed by atoms with van der Waals surface area (Å²) < 4.78 is 4.97. The molecular weight excluding hydrogens is 240 g/mol. The highest BCUT2D eigenvalue weighted by Crippen LogP contribution is 2.03. The normalized spacial score (nSPS) is 10.3. The lowest BCUT2D eigenvalue weighted by Crippen LogP contribution is -2.37. The van der Waals surface area contributed by atoms with Gasteiger partial charge in [0.2, 0.25) is 11.8 Å². The second-order valence-corrected chi connectivity index (χ2v) is 3.53. The number of aryl methyl sites for hydroxylation is 1. The number of anilines is 1. The van der Waals surface area contributed by atoms with E-state index in [9.17, 15) is 9.59 Å². The Morgan fingerprint density at radius 1 is 1.50 bits per heavy atom. The maximum atomic E-state index is 11.6. The number of amides is 1. The number of hydrogen-bond donors (Lipinski definition) is 2. The van der Waals surface area contributed by atoms with Crippen molar-refractivity contribution in [1.29, 1.82) is 0 Å². The fourth-order valence-corrected chi connectivity index (χ4v) is 1.27. The van der Waals surface area contributed by atoms with Crippen molar-refractivity contribution in [3.05, 3.63) is 18.5 Å². The van der Waals surface area contributed by atoms with E-state index in [1.54, 1.807) is 6.92 Å². The van der Waals surface area contributed by atoms with Gasteiger partial charge in [0.05, 0.1) is 13.1 Å². The second kappa shape index (κ2) is 6.50. The molecule has 0 unspecified atom stereocenters. The quantitative estimate of drug-likeness (QED) is 0.653. The maximum Gasteiger partial charge on any atom is 0.322 e. The molecule has 0 saturated heterocycles. The predicted molar refractivity (Wildman–Crippen MR) is 61.9 cm³/mol. The van der Waals surface area contributed by atoms with E-state index in [0.717, 1.165) is 0 Å². The van der Waals surface area contributed by atoms with Crippen LogP contribution in [0.2, 0.25) is 0 Å². The van der Waals surface area contributed by atoms with Crippen molar-refractivity contribution in [3.63, 3.8) is 0 Å². The van der Waals surface area contributed by atoms with Crippen molar-refractivity contribution < 1.29 is 19.1 Å². The fraction of sp³-hybridized carbons (Fsp3) is 0.400. The van der Waals surface area contributed by atoms with E-state index in [2.05, 4.69) is 22.1 Å². The molecule has 18 heavy (non-hydrogen) atoms. The number of rotatable bonds is 7. The van der Waals surface area contributed by atoms with Crippen molar-refractivity contribution in [2.24, 2.45) is 0 Å². The Hall–Kier alpha value is -2.22. The van der Waals surface area contributed by atoms with Crippen LogP contribution in [-0.4, -0.2) is 51.7 Å². The van der Waals surface area contributed by atoms with Gasteiger partial charge >= 0.3 is 12.0 Å². The molecule has 0 aromatic carbocycles. The molecule has 8 nitrogen and oxygen atoms in total. The first-order valence-electron chi connectivity index (χ1n) is 5.16. The van der Waals surface area contributed by atoms with Crippen LogP contribution in [0, 0.1) is 6.92 Å². The Morgan fingerprint density at radius 3 is 2.72 bits per heavy atom. The zero-order valence-electron chi connectivity index (χ0n) is 9.92. The van der Waals surface area contributed by atoms with Crippen LogP contribution in [0.15, 0.2) is 17.1 Å². The topological polar surface area (TPSA) is 109 Å². The van der Waals surface area contributed by atoms with Crippen LogP contribution >= 0.6 is 0 Å². The lowest BCUT2D eigenvalue weighted by atomic mass is 10.4. The molecule has 0 spiro atoms. The number of nitrogens with zero attached hydrogens (tertiary/aromatic N) is 3. The van der Waals surface area contributed by atoms with E-state index in [-0.39, 0.29) is 19.1 Å². The van der Waals surface area contributed by atoms with Crippen molar-refractivity contribution >= 4 is 17.9 Å². The van der Waals surface area contributed by atoms with Gasteiger partial charge in [-0.1, -0.05) is 11.2 Å². The van der Waals surface area contributed by atoms with Gasteiger partial charge < -0.3 is 9.52 Å². The predicted octanol–water partition coefficient (Wildman–Crippen LogP) is -0.111. The Kier molecular flexibility index (Phi) is 5.00. The first-order chi connectivity index (χ1) is 8.51. The lowest BCUT2D eigenvalue weighted by molar-refractivity contribution is -0.138. The average Bonchev–Trinajstić information content (AvgIpc) is 2.62. The Bertz CT molecular complexity index is 443. The van der Waals surface area contributed by atoms with Crippen LogP contribution in [0.1, 0.15) is 5.89 Å². The SMILES string of the molecule is C=CCN(CC(=O)O)CC(=O)Nc1nnc(C)o1. The van der Waals surface area contributed by atoms with Crippen LogP contribution in [0.4, 0.5) is 6.01 Å². The van der Waals surface area contributed by atoms with E-state index >= 15 is 0 Å². The van der Waals surface area contributed by atoms with Crippen LogP contribution in [0.25, 0.3) is 0 Å². The maximum absolute atomic E-state index is 11.6. The van der Waals surface area contributed by atoms with Crippen LogP contribution < -0.4 is 5.32 Å². The molecule has 2 N–H and O–H groups in total. The monoisotopic (exact) mass is 254 g/mol. The van der Waals surface area contributed by atoms with Gasteiger partial charge in [0, 0.05) is 13.5 Å². The highest BCUT2D eigenvalue weighted by atomic mass is 16.4. The van der Waals surface area contributed by atoms with Crippen molar-refractivity contribution in [3.8, 4) is 0 Å². The van der Waals surface area contributed by atoms with Crippen molar-refractivity contribution in [1.82, 2.24) is 15.1 Å². The van der Waals surface area contributed by atoms with Gasteiger partial charge in [0.15, 0.2) is 0 Å². The van der Waals surface area contributed by atoms with Crippen molar-refractivity contribution in [2.75, 3.05) is 25.0 Å². The summed E-state index contributed by atoms with van der Waals surface area (Å²) in [5.41, 5.74) is 0. The average molecular weight is 254 g/mol. The van der Waals surface area contributed by atoms with Crippen LogP contribution in [-0.2, 0) is 9.59 Å². The standard InChI is InChI=1S/C10H14N4O4/c1-3-4-14(6-9(16)17)5-8(15)11-10-13-12-7(2)18-10/h3H,1,4-6H2,2H3,(H,16,17)(H,11,13,15). The van der Waals surface area contributed by atoms with Gasteiger partial charge in [-0.25, -0.2) is 0 Å².